The Morgan fingerprint density at radius 1 is 1.17 bits per heavy atom. The number of fused-ring (bicyclic) bond motifs is 1. The highest BCUT2D eigenvalue weighted by Gasteiger charge is 2.21. The van der Waals surface area contributed by atoms with Gasteiger partial charge in [0.2, 0.25) is 11.8 Å². The highest BCUT2D eigenvalue weighted by molar-refractivity contribution is 5.98. The summed E-state index contributed by atoms with van der Waals surface area (Å²) in [5, 5.41) is 14.2. The van der Waals surface area contributed by atoms with Gasteiger partial charge in [-0.15, -0.1) is 0 Å². The average molecular weight is 486 g/mol. The van der Waals surface area contributed by atoms with Crippen molar-refractivity contribution in [1.82, 2.24) is 5.32 Å². The molecule has 2 N–H and O–H groups in total. The maximum atomic E-state index is 10.7. The van der Waals surface area contributed by atoms with Crippen LogP contribution in [0.25, 0.3) is 5.57 Å². The standard InChI is InChI=1S/C13H16N2.C12H14.C6H9NO2/c1-4-10(2)11(3)15-13-7-5-6-12(8-13)9-14;1-3-10-5-4-6-11-9(2)7-8-12(10)11;1-4-2-3-5(8)7-6(4)9/h5-8,10,15H,3-4H2,1-2H3;4-6H,2-3,7-8H2,1H3;4H,2-3H2,1H3,(H,7,8,9). The molecule has 2 unspecified atom stereocenters. The molecule has 190 valence electrons. The number of aryl methyl sites for hydroxylation is 1. The lowest BCUT2D eigenvalue weighted by molar-refractivity contribution is -0.135. The van der Waals surface area contributed by atoms with Crippen molar-refractivity contribution in [2.45, 2.75) is 66.2 Å². The second-order valence-corrected chi connectivity index (χ2v) is 9.40. The molecule has 2 amide bonds. The first-order valence-corrected chi connectivity index (χ1v) is 12.8. The molecule has 2 atom stereocenters. The smallest absolute Gasteiger partial charge is 0.229 e. The summed E-state index contributed by atoms with van der Waals surface area (Å²) in [7, 11) is 0. The minimum Gasteiger partial charge on any atom is -0.359 e. The molecule has 1 saturated heterocycles. The number of hydrogen-bond acceptors (Lipinski definition) is 4. The number of nitriles is 1. The molecule has 2 aliphatic rings. The van der Waals surface area contributed by atoms with E-state index in [9.17, 15) is 9.59 Å². The lowest BCUT2D eigenvalue weighted by Gasteiger charge is -2.15. The van der Waals surface area contributed by atoms with Crippen molar-refractivity contribution >= 4 is 23.1 Å². The molecule has 0 bridgehead atoms. The zero-order chi connectivity index (χ0) is 26.7. The molecule has 2 aromatic carbocycles. The summed E-state index contributed by atoms with van der Waals surface area (Å²) in [5.41, 5.74) is 8.37. The number of carbonyl (C=O) groups excluding carboxylic acids is 2. The van der Waals surface area contributed by atoms with Gasteiger partial charge in [0.05, 0.1) is 11.6 Å². The Labute approximate surface area is 216 Å². The van der Waals surface area contributed by atoms with Crippen LogP contribution in [0, 0.1) is 23.2 Å². The van der Waals surface area contributed by atoms with Gasteiger partial charge in [0.15, 0.2) is 0 Å². The van der Waals surface area contributed by atoms with E-state index < -0.39 is 0 Å². The number of piperidine rings is 1. The maximum Gasteiger partial charge on any atom is 0.229 e. The zero-order valence-electron chi connectivity index (χ0n) is 22.1. The van der Waals surface area contributed by atoms with Gasteiger partial charge in [-0.2, -0.15) is 5.26 Å². The van der Waals surface area contributed by atoms with Gasteiger partial charge in [-0.25, -0.2) is 0 Å². The summed E-state index contributed by atoms with van der Waals surface area (Å²) in [4.78, 5) is 21.2. The molecule has 5 nitrogen and oxygen atoms in total. The minimum atomic E-state index is -0.141. The Kier molecular flexibility index (Phi) is 11.1. The van der Waals surface area contributed by atoms with Crippen LogP contribution in [0.5, 0.6) is 0 Å². The zero-order valence-corrected chi connectivity index (χ0v) is 22.1. The summed E-state index contributed by atoms with van der Waals surface area (Å²) in [6.45, 7) is 16.3. The molecule has 2 aromatic rings. The first-order chi connectivity index (χ1) is 17.2. The number of anilines is 1. The van der Waals surface area contributed by atoms with Gasteiger partial charge in [-0.1, -0.05) is 65.1 Å². The van der Waals surface area contributed by atoms with Crippen molar-refractivity contribution in [1.29, 1.82) is 5.26 Å². The number of rotatable bonds is 5. The van der Waals surface area contributed by atoms with Crippen LogP contribution in [-0.2, 0) is 22.4 Å². The molecule has 0 saturated carbocycles. The molecule has 1 aliphatic carbocycles. The van der Waals surface area contributed by atoms with Gasteiger partial charge in [0.25, 0.3) is 0 Å². The number of hydrogen-bond donors (Lipinski definition) is 2. The Bertz CT molecular complexity index is 1140. The van der Waals surface area contributed by atoms with Crippen molar-refractivity contribution in [2.75, 3.05) is 5.32 Å². The van der Waals surface area contributed by atoms with Crippen molar-refractivity contribution in [3.8, 4) is 6.07 Å². The molecule has 1 heterocycles. The predicted molar refractivity (Wildman–Crippen MR) is 148 cm³/mol. The number of benzene rings is 2. The molecule has 1 aliphatic heterocycles. The van der Waals surface area contributed by atoms with Crippen LogP contribution < -0.4 is 10.6 Å². The van der Waals surface area contributed by atoms with Crippen molar-refractivity contribution < 1.29 is 9.59 Å². The first-order valence-electron chi connectivity index (χ1n) is 12.8. The molecule has 0 spiro atoms. The normalized spacial score (nSPS) is 16.8. The fourth-order valence-electron chi connectivity index (χ4n) is 4.03. The Morgan fingerprint density at radius 2 is 1.89 bits per heavy atom. The molecule has 5 heteroatoms. The molecule has 0 radical (unpaired) electrons. The number of amides is 2. The Hall–Kier alpha value is -3.65. The van der Waals surface area contributed by atoms with E-state index in [0.29, 0.717) is 24.3 Å². The second-order valence-electron chi connectivity index (χ2n) is 9.40. The van der Waals surface area contributed by atoms with Gasteiger partial charge in [0.1, 0.15) is 0 Å². The van der Waals surface area contributed by atoms with E-state index in [4.69, 9.17) is 5.26 Å². The summed E-state index contributed by atoms with van der Waals surface area (Å²) in [5.74, 6) is 0.183. The fourth-order valence-corrected chi connectivity index (χ4v) is 4.03. The van der Waals surface area contributed by atoms with E-state index in [2.05, 4.69) is 68.8 Å². The largest absolute Gasteiger partial charge is 0.359 e. The third-order valence-corrected chi connectivity index (χ3v) is 6.73. The highest BCUT2D eigenvalue weighted by Crippen LogP contribution is 2.32. The monoisotopic (exact) mass is 485 g/mol. The van der Waals surface area contributed by atoms with E-state index >= 15 is 0 Å². The summed E-state index contributed by atoms with van der Waals surface area (Å²) >= 11 is 0. The number of nitrogens with one attached hydrogen (secondary N) is 2. The lowest BCUT2D eigenvalue weighted by atomic mass is 10.0. The summed E-state index contributed by atoms with van der Waals surface area (Å²) < 4.78 is 0. The van der Waals surface area contributed by atoms with E-state index in [1.165, 1.54) is 23.1 Å². The molecule has 36 heavy (non-hydrogen) atoms. The fraction of sp³-hybridized carbons (Fsp3) is 0.387. The Morgan fingerprint density at radius 3 is 2.50 bits per heavy atom. The summed E-state index contributed by atoms with van der Waals surface area (Å²) in [6.07, 6.45) is 5.77. The minimum absolute atomic E-state index is 0.0164. The van der Waals surface area contributed by atoms with E-state index in [1.807, 2.05) is 25.1 Å². The van der Waals surface area contributed by atoms with Gasteiger partial charge in [-0.3, -0.25) is 14.9 Å². The van der Waals surface area contributed by atoms with Crippen LogP contribution in [0.15, 0.2) is 61.3 Å². The molecule has 0 aromatic heterocycles. The number of carbonyl (C=O) groups is 2. The SMILES string of the molecule is C=C(Nc1cccc(C#N)c1)C(C)CC.C=C1CCc2c(CC)cccc21.CC1CCC(=O)NC1=O. The molecular formula is C31H39N3O2. The van der Waals surface area contributed by atoms with Gasteiger partial charge >= 0.3 is 0 Å². The van der Waals surface area contributed by atoms with Gasteiger partial charge in [0, 0.05) is 23.7 Å². The first kappa shape index (κ1) is 28.6. The quantitative estimate of drug-likeness (QED) is 0.456. The lowest BCUT2D eigenvalue weighted by Crippen LogP contribution is -2.39. The second kappa shape index (κ2) is 14.0. The summed E-state index contributed by atoms with van der Waals surface area (Å²) in [6, 6.07) is 16.1. The van der Waals surface area contributed by atoms with E-state index in [-0.39, 0.29) is 17.7 Å². The van der Waals surface area contributed by atoms with E-state index in [1.54, 1.807) is 11.6 Å². The van der Waals surface area contributed by atoms with Crippen LogP contribution in [0.1, 0.15) is 75.6 Å². The topological polar surface area (TPSA) is 82.0 Å². The van der Waals surface area contributed by atoms with Crippen molar-refractivity contribution in [2.24, 2.45) is 11.8 Å². The van der Waals surface area contributed by atoms with Gasteiger partial charge in [-0.05, 0) is 78.5 Å². The average Bonchev–Trinajstić information content (AvgIpc) is 3.27. The molecule has 1 fully saturated rings. The Balaban J connectivity index is 0.000000196. The third kappa shape index (κ3) is 8.23. The number of allylic oxidation sites excluding steroid dienone is 2. The maximum absolute atomic E-state index is 10.7. The molecule has 4 rings (SSSR count). The number of nitrogens with zero attached hydrogens (tertiary/aromatic N) is 1. The van der Waals surface area contributed by atoms with Crippen LogP contribution in [0.2, 0.25) is 0 Å². The van der Waals surface area contributed by atoms with Crippen LogP contribution >= 0.6 is 0 Å². The van der Waals surface area contributed by atoms with Crippen molar-refractivity contribution in [3.05, 3.63) is 83.6 Å². The third-order valence-electron chi connectivity index (χ3n) is 6.73. The predicted octanol–water partition coefficient (Wildman–Crippen LogP) is 6.80. The van der Waals surface area contributed by atoms with E-state index in [0.717, 1.165) is 30.6 Å². The van der Waals surface area contributed by atoms with Crippen LogP contribution in [-0.4, -0.2) is 11.8 Å². The molecular weight excluding hydrogens is 446 g/mol. The highest BCUT2D eigenvalue weighted by atomic mass is 16.2. The van der Waals surface area contributed by atoms with Gasteiger partial charge < -0.3 is 5.32 Å². The van der Waals surface area contributed by atoms with Crippen molar-refractivity contribution in [3.63, 3.8) is 0 Å². The van der Waals surface area contributed by atoms with Crippen LogP contribution in [0.4, 0.5) is 5.69 Å². The van der Waals surface area contributed by atoms with Crippen LogP contribution in [0.3, 0.4) is 0 Å². The number of imide groups is 1.